The first-order chi connectivity index (χ1) is 13.5. The van der Waals surface area contributed by atoms with E-state index in [1.807, 2.05) is 6.20 Å². The lowest BCUT2D eigenvalue weighted by molar-refractivity contribution is 0.119. The highest BCUT2D eigenvalue weighted by molar-refractivity contribution is 5.80. The van der Waals surface area contributed by atoms with Crippen LogP contribution < -0.4 is 15.5 Å². The number of nitrogens with zero attached hydrogens (tertiary/aromatic N) is 5. The predicted octanol–water partition coefficient (Wildman–Crippen LogP) is 1.16. The Morgan fingerprint density at radius 3 is 2.64 bits per heavy atom. The normalized spacial score (nSPS) is 23.1. The van der Waals surface area contributed by atoms with Gasteiger partial charge in [0.2, 0.25) is 0 Å². The Labute approximate surface area is 170 Å². The van der Waals surface area contributed by atoms with Crippen LogP contribution >= 0.6 is 0 Å². The number of piperazine rings is 1. The van der Waals surface area contributed by atoms with Crippen LogP contribution in [0.15, 0.2) is 23.3 Å². The quantitative estimate of drug-likeness (QED) is 0.584. The number of likely N-dealkylation sites (N-methyl/N-ethyl adjacent to an activating group) is 2. The fourth-order valence-electron chi connectivity index (χ4n) is 3.91. The van der Waals surface area contributed by atoms with Gasteiger partial charge in [-0.1, -0.05) is 6.07 Å². The Balaban J connectivity index is 1.51. The third-order valence-electron chi connectivity index (χ3n) is 5.84. The number of guanidine groups is 1. The standard InChI is InChI=1S/C21H37N7/c1-5-22-21(24-15-19-16-26(3)12-13-27(19)4)25-18-8-10-28(11-9-18)20-7-6-17(2)14-23-20/h6-7,14,18-19H,5,8-13,15-16H2,1-4H3,(H2,22,24,25). The topological polar surface area (TPSA) is 59.0 Å². The SMILES string of the molecule is CCNC(=NCC1CN(C)CCN1C)NC1CCN(c2ccc(C)cn2)CC1. The number of anilines is 1. The number of aryl methyl sites for hydroxylation is 1. The van der Waals surface area contributed by atoms with Gasteiger partial charge in [-0.15, -0.1) is 0 Å². The second-order valence-corrected chi connectivity index (χ2v) is 8.22. The summed E-state index contributed by atoms with van der Waals surface area (Å²) in [5.41, 5.74) is 1.21. The first kappa shape index (κ1) is 20.9. The summed E-state index contributed by atoms with van der Waals surface area (Å²) >= 11 is 0. The lowest BCUT2D eigenvalue weighted by Crippen LogP contribution is -2.52. The fraction of sp³-hybridized carbons (Fsp3) is 0.714. The Morgan fingerprint density at radius 1 is 1.18 bits per heavy atom. The molecule has 1 aromatic rings. The zero-order valence-electron chi connectivity index (χ0n) is 18.0. The zero-order chi connectivity index (χ0) is 19.9. The number of aliphatic imine (C=N–C) groups is 1. The van der Waals surface area contributed by atoms with Crippen LogP contribution in [0.3, 0.4) is 0 Å². The molecule has 0 aromatic carbocycles. The monoisotopic (exact) mass is 387 g/mol. The Bertz CT molecular complexity index is 622. The predicted molar refractivity (Wildman–Crippen MR) is 117 cm³/mol. The van der Waals surface area contributed by atoms with Gasteiger partial charge in [-0.3, -0.25) is 9.89 Å². The van der Waals surface area contributed by atoms with Crippen LogP contribution in [0.1, 0.15) is 25.3 Å². The molecule has 156 valence electrons. The molecule has 0 amide bonds. The van der Waals surface area contributed by atoms with E-state index in [9.17, 15) is 0 Å². The number of hydrogen-bond donors (Lipinski definition) is 2. The lowest BCUT2D eigenvalue weighted by atomic mass is 10.1. The summed E-state index contributed by atoms with van der Waals surface area (Å²) in [6.45, 7) is 11.3. The molecule has 1 unspecified atom stereocenters. The molecular weight excluding hydrogens is 350 g/mol. The van der Waals surface area contributed by atoms with Crippen LogP contribution in [-0.4, -0.2) is 92.7 Å². The van der Waals surface area contributed by atoms with Crippen molar-refractivity contribution in [2.75, 3.05) is 64.8 Å². The molecule has 3 rings (SSSR count). The summed E-state index contributed by atoms with van der Waals surface area (Å²) in [5.74, 6) is 2.05. The van der Waals surface area contributed by atoms with E-state index >= 15 is 0 Å². The summed E-state index contributed by atoms with van der Waals surface area (Å²) in [5, 5.41) is 7.09. The van der Waals surface area contributed by atoms with Crippen molar-refractivity contribution in [2.45, 2.75) is 38.8 Å². The molecule has 2 saturated heterocycles. The minimum atomic E-state index is 0.464. The average molecular weight is 388 g/mol. The maximum Gasteiger partial charge on any atom is 0.191 e. The minimum Gasteiger partial charge on any atom is -0.357 e. The van der Waals surface area contributed by atoms with Crippen molar-refractivity contribution in [1.29, 1.82) is 0 Å². The Hall–Kier alpha value is -1.86. The second kappa shape index (κ2) is 10.1. The van der Waals surface area contributed by atoms with Gasteiger partial charge in [0.15, 0.2) is 5.96 Å². The molecule has 2 aliphatic rings. The summed E-state index contributed by atoms with van der Waals surface area (Å²) in [6, 6.07) is 5.23. The molecule has 2 aliphatic heterocycles. The molecule has 0 radical (unpaired) electrons. The van der Waals surface area contributed by atoms with Crippen molar-refractivity contribution in [1.82, 2.24) is 25.4 Å². The van der Waals surface area contributed by atoms with E-state index in [1.54, 1.807) is 0 Å². The third kappa shape index (κ3) is 5.82. The van der Waals surface area contributed by atoms with Gasteiger partial charge in [0.1, 0.15) is 5.82 Å². The molecule has 1 atom stereocenters. The van der Waals surface area contributed by atoms with E-state index < -0.39 is 0 Å². The first-order valence-corrected chi connectivity index (χ1v) is 10.7. The van der Waals surface area contributed by atoms with Crippen LogP contribution in [0, 0.1) is 6.92 Å². The molecule has 0 aliphatic carbocycles. The van der Waals surface area contributed by atoms with E-state index in [0.717, 1.165) is 70.4 Å². The van der Waals surface area contributed by atoms with Crippen LogP contribution in [0.4, 0.5) is 5.82 Å². The van der Waals surface area contributed by atoms with Crippen LogP contribution in [0.2, 0.25) is 0 Å². The maximum absolute atomic E-state index is 4.90. The molecular formula is C21H37N7. The average Bonchev–Trinajstić information content (AvgIpc) is 2.70. The highest BCUT2D eigenvalue weighted by Crippen LogP contribution is 2.18. The lowest BCUT2D eigenvalue weighted by Gasteiger charge is -2.37. The van der Waals surface area contributed by atoms with Gasteiger partial charge in [-0.05, 0) is 52.4 Å². The number of nitrogens with one attached hydrogen (secondary N) is 2. The highest BCUT2D eigenvalue weighted by Gasteiger charge is 2.23. The molecule has 3 heterocycles. The number of rotatable bonds is 5. The van der Waals surface area contributed by atoms with Crippen molar-refractivity contribution in [3.05, 3.63) is 23.9 Å². The Morgan fingerprint density at radius 2 is 1.96 bits per heavy atom. The fourth-order valence-corrected chi connectivity index (χ4v) is 3.91. The number of aromatic nitrogens is 1. The smallest absolute Gasteiger partial charge is 0.191 e. The van der Waals surface area contributed by atoms with E-state index in [1.165, 1.54) is 5.56 Å². The molecule has 0 bridgehead atoms. The van der Waals surface area contributed by atoms with Gasteiger partial charge >= 0.3 is 0 Å². The van der Waals surface area contributed by atoms with Gasteiger partial charge < -0.3 is 20.4 Å². The van der Waals surface area contributed by atoms with Crippen molar-refractivity contribution in [3.8, 4) is 0 Å². The van der Waals surface area contributed by atoms with Crippen LogP contribution in [-0.2, 0) is 0 Å². The summed E-state index contributed by atoms with van der Waals surface area (Å²) in [6.07, 6.45) is 4.16. The molecule has 7 heteroatoms. The van der Waals surface area contributed by atoms with E-state index in [4.69, 9.17) is 4.99 Å². The molecule has 0 saturated carbocycles. The van der Waals surface area contributed by atoms with E-state index in [2.05, 4.69) is 70.4 Å². The van der Waals surface area contributed by atoms with Gasteiger partial charge in [-0.25, -0.2) is 4.98 Å². The van der Waals surface area contributed by atoms with Crippen LogP contribution in [0.25, 0.3) is 0 Å². The summed E-state index contributed by atoms with van der Waals surface area (Å²) in [4.78, 5) is 16.7. The second-order valence-electron chi connectivity index (χ2n) is 8.22. The van der Waals surface area contributed by atoms with Crippen molar-refractivity contribution in [2.24, 2.45) is 4.99 Å². The number of pyridine rings is 1. The van der Waals surface area contributed by atoms with Crippen molar-refractivity contribution in [3.63, 3.8) is 0 Å². The third-order valence-corrected chi connectivity index (χ3v) is 5.84. The van der Waals surface area contributed by atoms with E-state index in [-0.39, 0.29) is 0 Å². The minimum absolute atomic E-state index is 0.464. The molecule has 28 heavy (non-hydrogen) atoms. The van der Waals surface area contributed by atoms with Gasteiger partial charge in [-0.2, -0.15) is 0 Å². The summed E-state index contributed by atoms with van der Waals surface area (Å²) in [7, 11) is 4.41. The molecule has 7 nitrogen and oxygen atoms in total. The zero-order valence-corrected chi connectivity index (χ0v) is 18.0. The number of piperidine rings is 1. The molecule has 2 N–H and O–H groups in total. The van der Waals surface area contributed by atoms with E-state index in [0.29, 0.717) is 12.1 Å². The van der Waals surface area contributed by atoms with Crippen LogP contribution in [0.5, 0.6) is 0 Å². The maximum atomic E-state index is 4.90. The van der Waals surface area contributed by atoms with Crippen molar-refractivity contribution < 1.29 is 0 Å². The summed E-state index contributed by atoms with van der Waals surface area (Å²) < 4.78 is 0. The van der Waals surface area contributed by atoms with Gasteiger partial charge in [0.05, 0.1) is 6.54 Å². The largest absolute Gasteiger partial charge is 0.357 e. The Kier molecular flexibility index (Phi) is 7.50. The molecule has 1 aromatic heterocycles. The number of hydrogen-bond acceptors (Lipinski definition) is 5. The van der Waals surface area contributed by atoms with Crippen molar-refractivity contribution >= 4 is 11.8 Å². The first-order valence-electron chi connectivity index (χ1n) is 10.7. The van der Waals surface area contributed by atoms with Gasteiger partial charge in [0.25, 0.3) is 0 Å². The molecule has 2 fully saturated rings. The van der Waals surface area contributed by atoms with Gasteiger partial charge in [0, 0.05) is 57.5 Å². The highest BCUT2D eigenvalue weighted by atomic mass is 15.3. The molecule has 0 spiro atoms.